The molecule has 3 atom stereocenters. The van der Waals surface area contributed by atoms with E-state index in [-0.39, 0.29) is 11.5 Å². The fourth-order valence-electron chi connectivity index (χ4n) is 4.79. The van der Waals surface area contributed by atoms with Crippen LogP contribution in [0.1, 0.15) is 38.5 Å². The van der Waals surface area contributed by atoms with Crippen LogP contribution in [0.5, 0.6) is 0 Å². The summed E-state index contributed by atoms with van der Waals surface area (Å²) in [5, 5.41) is 19.5. The summed E-state index contributed by atoms with van der Waals surface area (Å²) in [5.41, 5.74) is 5.41. The second kappa shape index (κ2) is 2.75. The van der Waals surface area contributed by atoms with E-state index in [4.69, 9.17) is 11.0 Å². The van der Waals surface area contributed by atoms with Crippen molar-refractivity contribution < 1.29 is 5.11 Å². The van der Waals surface area contributed by atoms with E-state index in [0.29, 0.717) is 11.8 Å². The van der Waals surface area contributed by atoms with E-state index in [1.54, 1.807) is 0 Å². The summed E-state index contributed by atoms with van der Waals surface area (Å²) in [5.74, 6) is 1.24. The van der Waals surface area contributed by atoms with Crippen molar-refractivity contribution >= 4 is 0 Å². The molecule has 4 fully saturated rings. The van der Waals surface area contributed by atoms with Gasteiger partial charge < -0.3 is 10.8 Å². The first-order valence-corrected chi connectivity index (χ1v) is 5.93. The number of nitrogens with two attached hydrogens (primary N) is 1. The molecule has 4 aliphatic rings. The largest absolute Gasteiger partial charge is 0.390 e. The molecule has 4 rings (SSSR count). The van der Waals surface area contributed by atoms with E-state index >= 15 is 0 Å². The van der Waals surface area contributed by atoms with Gasteiger partial charge in [0.2, 0.25) is 0 Å². The number of aliphatic hydroxyl groups is 1. The van der Waals surface area contributed by atoms with Gasteiger partial charge in [0.05, 0.1) is 17.7 Å². The van der Waals surface area contributed by atoms with Crippen molar-refractivity contribution in [2.24, 2.45) is 23.0 Å². The van der Waals surface area contributed by atoms with Gasteiger partial charge in [0.1, 0.15) is 0 Å². The number of nitriles is 1. The fraction of sp³-hybridized carbons (Fsp3) is 0.917. The van der Waals surface area contributed by atoms with Crippen LogP contribution in [0.25, 0.3) is 0 Å². The smallest absolute Gasteiger partial charge is 0.0986 e. The predicted octanol–water partition coefficient (Wildman–Crippen LogP) is 1.17. The summed E-state index contributed by atoms with van der Waals surface area (Å²) >= 11 is 0. The van der Waals surface area contributed by atoms with Crippen molar-refractivity contribution in [2.45, 2.75) is 50.2 Å². The molecule has 4 aliphatic carbocycles. The maximum Gasteiger partial charge on any atom is 0.0986 e. The number of hydrogen-bond donors (Lipinski definition) is 2. The lowest BCUT2D eigenvalue weighted by atomic mass is 9.46. The molecular formula is C12H18N2O. The van der Waals surface area contributed by atoms with Gasteiger partial charge in [-0.15, -0.1) is 0 Å². The molecule has 15 heavy (non-hydrogen) atoms. The van der Waals surface area contributed by atoms with Gasteiger partial charge in [-0.25, -0.2) is 0 Å². The minimum atomic E-state index is -0.488. The van der Waals surface area contributed by atoms with Gasteiger partial charge in [-0.05, 0) is 50.4 Å². The van der Waals surface area contributed by atoms with Crippen LogP contribution in [0, 0.1) is 28.6 Å². The Bertz CT molecular complexity index is 319. The monoisotopic (exact) mass is 206 g/mol. The number of nitrogens with zero attached hydrogens (tertiary/aromatic N) is 1. The highest BCUT2D eigenvalue weighted by Crippen LogP contribution is 2.62. The summed E-state index contributed by atoms with van der Waals surface area (Å²) in [6.07, 6.45) is 6.05. The number of rotatable bonds is 1. The normalized spacial score (nSPS) is 53.9. The van der Waals surface area contributed by atoms with Gasteiger partial charge in [-0.3, -0.25) is 0 Å². The maximum atomic E-state index is 10.4. The molecule has 0 spiro atoms. The van der Waals surface area contributed by atoms with Crippen LogP contribution in [-0.2, 0) is 0 Å². The van der Waals surface area contributed by atoms with E-state index in [1.165, 1.54) is 6.42 Å². The van der Waals surface area contributed by atoms with E-state index in [0.717, 1.165) is 32.1 Å². The van der Waals surface area contributed by atoms with Gasteiger partial charge in [-0.2, -0.15) is 5.26 Å². The molecule has 3 nitrogen and oxygen atoms in total. The zero-order valence-electron chi connectivity index (χ0n) is 8.95. The Labute approximate surface area is 90.3 Å². The van der Waals surface area contributed by atoms with Crippen LogP contribution in [-0.4, -0.2) is 16.7 Å². The Balaban J connectivity index is 1.96. The third kappa shape index (κ3) is 1.25. The minimum absolute atomic E-state index is 0.0619. The highest BCUT2D eigenvalue weighted by atomic mass is 16.3. The topological polar surface area (TPSA) is 70.0 Å². The molecule has 3 N–H and O–H groups in total. The first-order valence-electron chi connectivity index (χ1n) is 5.93. The molecular weight excluding hydrogens is 188 g/mol. The molecule has 0 saturated heterocycles. The zero-order chi connectivity index (χ0) is 10.7. The molecule has 0 radical (unpaired) electrons. The van der Waals surface area contributed by atoms with Crippen LogP contribution in [0.4, 0.5) is 0 Å². The highest BCUT2D eigenvalue weighted by Gasteiger charge is 2.59. The van der Waals surface area contributed by atoms with Crippen molar-refractivity contribution in [1.29, 1.82) is 5.26 Å². The van der Waals surface area contributed by atoms with E-state index in [1.807, 2.05) is 0 Å². The summed E-state index contributed by atoms with van der Waals surface area (Å²) in [4.78, 5) is 0. The van der Waals surface area contributed by atoms with Crippen molar-refractivity contribution in [3.63, 3.8) is 0 Å². The lowest BCUT2D eigenvalue weighted by Crippen LogP contribution is -2.60. The predicted molar refractivity (Wildman–Crippen MR) is 55.7 cm³/mol. The van der Waals surface area contributed by atoms with Gasteiger partial charge in [0.25, 0.3) is 0 Å². The van der Waals surface area contributed by atoms with E-state index in [2.05, 4.69) is 6.07 Å². The maximum absolute atomic E-state index is 10.4. The molecule has 4 bridgehead atoms. The average Bonchev–Trinajstić information content (AvgIpc) is 2.12. The van der Waals surface area contributed by atoms with Crippen LogP contribution >= 0.6 is 0 Å². The summed E-state index contributed by atoms with van der Waals surface area (Å²) < 4.78 is 0. The van der Waals surface area contributed by atoms with Crippen LogP contribution < -0.4 is 5.73 Å². The Morgan fingerprint density at radius 2 is 1.87 bits per heavy atom. The Morgan fingerprint density at radius 3 is 2.33 bits per heavy atom. The van der Waals surface area contributed by atoms with Gasteiger partial charge in [0.15, 0.2) is 0 Å². The third-order valence-corrected chi connectivity index (χ3v) is 4.87. The molecule has 3 unspecified atom stereocenters. The fourth-order valence-corrected chi connectivity index (χ4v) is 4.79. The SMILES string of the molecule is N#CC(N)C12CC3CC(CC(O)(C3)C1)C2. The van der Waals surface area contributed by atoms with Crippen molar-refractivity contribution in [3.8, 4) is 6.07 Å². The Morgan fingerprint density at radius 1 is 1.27 bits per heavy atom. The molecule has 0 heterocycles. The summed E-state index contributed by atoms with van der Waals surface area (Å²) in [6, 6.07) is 1.83. The minimum Gasteiger partial charge on any atom is -0.390 e. The molecule has 82 valence electrons. The zero-order valence-corrected chi connectivity index (χ0v) is 8.95. The van der Waals surface area contributed by atoms with Crippen LogP contribution in [0.15, 0.2) is 0 Å². The first kappa shape index (κ1) is 9.62. The molecule has 0 aromatic rings. The number of hydrogen-bond acceptors (Lipinski definition) is 3. The van der Waals surface area contributed by atoms with Crippen LogP contribution in [0.3, 0.4) is 0 Å². The van der Waals surface area contributed by atoms with Crippen molar-refractivity contribution in [2.75, 3.05) is 0 Å². The van der Waals surface area contributed by atoms with E-state index < -0.39 is 5.60 Å². The lowest BCUT2D eigenvalue weighted by Gasteiger charge is -2.61. The molecule has 0 amide bonds. The van der Waals surface area contributed by atoms with Crippen molar-refractivity contribution in [3.05, 3.63) is 0 Å². The van der Waals surface area contributed by atoms with Gasteiger partial charge in [0, 0.05) is 5.41 Å². The highest BCUT2D eigenvalue weighted by molar-refractivity contribution is 5.15. The van der Waals surface area contributed by atoms with Crippen LogP contribution in [0.2, 0.25) is 0 Å². The van der Waals surface area contributed by atoms with E-state index in [9.17, 15) is 5.11 Å². The third-order valence-electron chi connectivity index (χ3n) is 4.87. The lowest BCUT2D eigenvalue weighted by molar-refractivity contribution is -0.165. The second-order valence-corrected chi connectivity index (χ2v) is 6.15. The molecule has 0 aliphatic heterocycles. The average molecular weight is 206 g/mol. The molecule has 0 aromatic carbocycles. The van der Waals surface area contributed by atoms with Crippen molar-refractivity contribution in [1.82, 2.24) is 0 Å². The first-order chi connectivity index (χ1) is 7.05. The summed E-state index contributed by atoms with van der Waals surface area (Å²) in [6.45, 7) is 0. The Kier molecular flexibility index (Phi) is 1.76. The quantitative estimate of drug-likeness (QED) is 0.676. The molecule has 0 aromatic heterocycles. The molecule has 3 heteroatoms. The van der Waals surface area contributed by atoms with Gasteiger partial charge in [-0.1, -0.05) is 0 Å². The second-order valence-electron chi connectivity index (χ2n) is 6.15. The Hall–Kier alpha value is -0.590. The summed E-state index contributed by atoms with van der Waals surface area (Å²) in [7, 11) is 0. The standard InChI is InChI=1S/C12H18N2O/c13-6-10(14)11-2-8-1-9(3-11)5-12(15,4-8)7-11/h8-10,15H,1-5,7,14H2. The van der Waals surface area contributed by atoms with Gasteiger partial charge >= 0.3 is 0 Å². The molecule has 4 saturated carbocycles.